The van der Waals surface area contributed by atoms with Crippen LogP contribution in [0.15, 0.2) is 12.4 Å². The largest absolute Gasteiger partial charge is 0.334 e. The third-order valence-corrected chi connectivity index (χ3v) is 4.51. The second kappa shape index (κ2) is 6.72. The van der Waals surface area contributed by atoms with Crippen molar-refractivity contribution in [2.45, 2.75) is 65.1 Å². The lowest BCUT2D eigenvalue weighted by Crippen LogP contribution is -2.52. The smallest absolute Gasteiger partial charge is 0.127 e. The van der Waals surface area contributed by atoms with Gasteiger partial charge in [0.05, 0.1) is 6.04 Å². The summed E-state index contributed by atoms with van der Waals surface area (Å²) in [5.74, 6) is 1.19. The molecular formula is C16H30N4. The third-order valence-electron chi connectivity index (χ3n) is 4.51. The summed E-state index contributed by atoms with van der Waals surface area (Å²) in [6.45, 7) is 13.6. The molecular weight excluding hydrogens is 248 g/mol. The number of nitrogens with one attached hydrogen (secondary N) is 1. The number of likely N-dealkylation sites (N-methyl/N-ethyl adjacent to an activating group) is 1. The molecule has 4 nitrogen and oxygen atoms in total. The second-order valence-electron chi connectivity index (χ2n) is 6.32. The highest BCUT2D eigenvalue weighted by Crippen LogP contribution is 2.33. The van der Waals surface area contributed by atoms with E-state index >= 15 is 0 Å². The summed E-state index contributed by atoms with van der Waals surface area (Å²) in [5, 5.41) is 3.68. The highest BCUT2D eigenvalue weighted by molar-refractivity contribution is 5.09. The van der Waals surface area contributed by atoms with E-state index in [1.807, 2.05) is 6.20 Å². The fourth-order valence-electron chi connectivity index (χ4n) is 3.35. The van der Waals surface area contributed by atoms with E-state index in [0.29, 0.717) is 0 Å². The molecule has 1 N–H and O–H groups in total. The van der Waals surface area contributed by atoms with E-state index in [1.54, 1.807) is 0 Å². The number of aryl methyl sites for hydroxylation is 1. The minimum Gasteiger partial charge on any atom is -0.334 e. The predicted octanol–water partition coefficient (Wildman–Crippen LogP) is 2.82. The molecule has 0 aromatic carbocycles. The molecule has 0 spiro atoms. The van der Waals surface area contributed by atoms with Crippen LogP contribution in [0.4, 0.5) is 0 Å². The van der Waals surface area contributed by atoms with Crippen LogP contribution in [-0.4, -0.2) is 39.6 Å². The summed E-state index contributed by atoms with van der Waals surface area (Å²) in [6, 6.07) is 0.284. The molecule has 0 saturated carbocycles. The quantitative estimate of drug-likeness (QED) is 0.832. The first kappa shape index (κ1) is 15.5. The summed E-state index contributed by atoms with van der Waals surface area (Å²) < 4.78 is 2.31. The van der Waals surface area contributed by atoms with Crippen molar-refractivity contribution in [1.29, 1.82) is 0 Å². The average Bonchev–Trinajstić information content (AvgIpc) is 3.07. The summed E-state index contributed by atoms with van der Waals surface area (Å²) >= 11 is 0. The van der Waals surface area contributed by atoms with E-state index < -0.39 is 0 Å². The van der Waals surface area contributed by atoms with E-state index in [2.05, 4.69) is 53.7 Å². The maximum atomic E-state index is 4.67. The highest BCUT2D eigenvalue weighted by Gasteiger charge is 2.39. The number of likely N-dealkylation sites (tertiary alicyclic amines) is 1. The van der Waals surface area contributed by atoms with Crippen molar-refractivity contribution in [2.24, 2.45) is 0 Å². The van der Waals surface area contributed by atoms with E-state index in [4.69, 9.17) is 0 Å². The average molecular weight is 278 g/mol. The number of hydrogen-bond acceptors (Lipinski definition) is 3. The maximum absolute atomic E-state index is 4.67. The van der Waals surface area contributed by atoms with E-state index in [-0.39, 0.29) is 11.6 Å². The summed E-state index contributed by atoms with van der Waals surface area (Å²) in [6.07, 6.45) is 7.85. The molecule has 1 unspecified atom stereocenters. The van der Waals surface area contributed by atoms with Crippen molar-refractivity contribution >= 4 is 0 Å². The fourth-order valence-corrected chi connectivity index (χ4v) is 3.35. The van der Waals surface area contributed by atoms with Gasteiger partial charge in [0.25, 0.3) is 0 Å². The maximum Gasteiger partial charge on any atom is 0.127 e. The van der Waals surface area contributed by atoms with Crippen molar-refractivity contribution in [2.75, 3.05) is 19.6 Å². The summed E-state index contributed by atoms with van der Waals surface area (Å²) in [4.78, 5) is 7.28. The highest BCUT2D eigenvalue weighted by atomic mass is 15.3. The molecule has 0 radical (unpaired) electrons. The van der Waals surface area contributed by atoms with Crippen LogP contribution >= 0.6 is 0 Å². The van der Waals surface area contributed by atoms with Gasteiger partial charge >= 0.3 is 0 Å². The molecule has 0 aliphatic carbocycles. The molecule has 1 aliphatic rings. The molecule has 1 aliphatic heterocycles. The van der Waals surface area contributed by atoms with Gasteiger partial charge in [0.2, 0.25) is 0 Å². The molecule has 1 aromatic heterocycles. The monoisotopic (exact) mass is 278 g/mol. The predicted molar refractivity (Wildman–Crippen MR) is 83.8 cm³/mol. The zero-order valence-electron chi connectivity index (χ0n) is 13.5. The molecule has 114 valence electrons. The molecule has 20 heavy (non-hydrogen) atoms. The van der Waals surface area contributed by atoms with E-state index in [1.165, 1.54) is 31.8 Å². The molecule has 0 bridgehead atoms. The van der Waals surface area contributed by atoms with Crippen molar-refractivity contribution in [1.82, 2.24) is 19.8 Å². The van der Waals surface area contributed by atoms with Crippen LogP contribution in [0.3, 0.4) is 0 Å². The molecule has 1 aromatic rings. The van der Waals surface area contributed by atoms with Crippen LogP contribution in [0.5, 0.6) is 0 Å². The first-order valence-electron chi connectivity index (χ1n) is 8.10. The Hall–Kier alpha value is -0.870. The lowest BCUT2D eigenvalue weighted by Gasteiger charge is -2.42. The zero-order valence-corrected chi connectivity index (χ0v) is 13.5. The van der Waals surface area contributed by atoms with E-state index in [0.717, 1.165) is 19.5 Å². The molecule has 2 rings (SSSR count). The first-order chi connectivity index (χ1) is 9.61. The summed E-state index contributed by atoms with van der Waals surface area (Å²) in [7, 11) is 0. The van der Waals surface area contributed by atoms with Gasteiger partial charge in [-0.15, -0.1) is 0 Å². The van der Waals surface area contributed by atoms with Gasteiger partial charge in [-0.1, -0.05) is 13.8 Å². The Morgan fingerprint density at radius 1 is 1.30 bits per heavy atom. The standard InChI is InChI=1S/C16H30N4/c1-5-10-19-13-9-18-15(19)14(17-6-2)16(3,4)20-11-7-8-12-20/h9,13-14,17H,5-8,10-12H2,1-4H3. The first-order valence-corrected chi connectivity index (χ1v) is 8.10. The van der Waals surface area contributed by atoms with Gasteiger partial charge in [-0.2, -0.15) is 0 Å². The lowest BCUT2D eigenvalue weighted by molar-refractivity contribution is 0.102. The zero-order chi connectivity index (χ0) is 14.6. The molecule has 0 amide bonds. The molecule has 1 fully saturated rings. The Balaban J connectivity index is 2.26. The van der Waals surface area contributed by atoms with Crippen molar-refractivity contribution in [3.8, 4) is 0 Å². The van der Waals surface area contributed by atoms with Crippen LogP contribution < -0.4 is 5.32 Å². The van der Waals surface area contributed by atoms with Crippen LogP contribution in [0.25, 0.3) is 0 Å². The second-order valence-corrected chi connectivity index (χ2v) is 6.32. The molecule has 2 heterocycles. The Bertz CT molecular complexity index is 404. The topological polar surface area (TPSA) is 33.1 Å². The SMILES string of the molecule is CCCn1ccnc1C(NCC)C(C)(C)N1CCCC1. The van der Waals surface area contributed by atoms with Gasteiger partial charge in [-0.25, -0.2) is 4.98 Å². The number of hydrogen-bond donors (Lipinski definition) is 1. The molecule has 4 heteroatoms. The fraction of sp³-hybridized carbons (Fsp3) is 0.812. The minimum atomic E-state index is 0.101. The van der Waals surface area contributed by atoms with Gasteiger partial charge in [0.15, 0.2) is 0 Å². The third kappa shape index (κ3) is 3.07. The van der Waals surface area contributed by atoms with Gasteiger partial charge in [-0.3, -0.25) is 4.90 Å². The minimum absolute atomic E-state index is 0.101. The van der Waals surface area contributed by atoms with Crippen LogP contribution in [0.2, 0.25) is 0 Å². The van der Waals surface area contributed by atoms with Crippen LogP contribution in [0.1, 0.15) is 58.8 Å². The van der Waals surface area contributed by atoms with Gasteiger partial charge in [0.1, 0.15) is 5.82 Å². The van der Waals surface area contributed by atoms with Crippen LogP contribution in [-0.2, 0) is 6.54 Å². The van der Waals surface area contributed by atoms with Crippen LogP contribution in [0, 0.1) is 0 Å². The number of imidazole rings is 1. The summed E-state index contributed by atoms with van der Waals surface area (Å²) in [5.41, 5.74) is 0.101. The molecule has 1 atom stereocenters. The normalized spacial score (nSPS) is 18.6. The van der Waals surface area contributed by atoms with Crippen molar-refractivity contribution < 1.29 is 0 Å². The van der Waals surface area contributed by atoms with Crippen molar-refractivity contribution in [3.63, 3.8) is 0 Å². The van der Waals surface area contributed by atoms with Gasteiger partial charge < -0.3 is 9.88 Å². The Kier molecular flexibility index (Phi) is 5.22. The Morgan fingerprint density at radius 3 is 2.60 bits per heavy atom. The number of nitrogens with zero attached hydrogens (tertiary/aromatic N) is 3. The lowest BCUT2D eigenvalue weighted by atomic mass is 9.91. The Labute approximate surface area is 123 Å². The Morgan fingerprint density at radius 2 is 2.00 bits per heavy atom. The number of aromatic nitrogens is 2. The van der Waals surface area contributed by atoms with Crippen molar-refractivity contribution in [3.05, 3.63) is 18.2 Å². The van der Waals surface area contributed by atoms with E-state index in [9.17, 15) is 0 Å². The molecule has 1 saturated heterocycles. The van der Waals surface area contributed by atoms with Gasteiger partial charge in [-0.05, 0) is 52.7 Å². The van der Waals surface area contributed by atoms with Gasteiger partial charge in [0, 0.05) is 24.5 Å². The number of rotatable bonds is 7.